The van der Waals surface area contributed by atoms with Gasteiger partial charge >= 0.3 is 0 Å². The van der Waals surface area contributed by atoms with Crippen molar-refractivity contribution in [1.82, 2.24) is 9.80 Å². The highest BCUT2D eigenvalue weighted by Gasteiger charge is 2.14. The number of halogens is 1. The van der Waals surface area contributed by atoms with Crippen LogP contribution < -0.4 is 10.1 Å². The maximum Gasteiger partial charge on any atom is 0.253 e. The molecule has 0 aliphatic carbocycles. The fourth-order valence-electron chi connectivity index (χ4n) is 3.14. The van der Waals surface area contributed by atoms with Crippen molar-refractivity contribution >= 4 is 17.5 Å². The molecule has 0 aliphatic heterocycles. The van der Waals surface area contributed by atoms with E-state index < -0.39 is 5.82 Å². The van der Waals surface area contributed by atoms with Crippen molar-refractivity contribution in [3.05, 3.63) is 59.4 Å². The fourth-order valence-corrected chi connectivity index (χ4v) is 3.14. The molecule has 0 bridgehead atoms. The van der Waals surface area contributed by atoms with Gasteiger partial charge in [0.05, 0.1) is 13.7 Å². The Morgan fingerprint density at radius 3 is 2.20 bits per heavy atom. The van der Waals surface area contributed by atoms with Gasteiger partial charge in [-0.05, 0) is 62.4 Å². The van der Waals surface area contributed by atoms with Crippen molar-refractivity contribution in [2.24, 2.45) is 0 Å². The summed E-state index contributed by atoms with van der Waals surface area (Å²) >= 11 is 0. The zero-order valence-electron chi connectivity index (χ0n) is 18.1. The molecule has 30 heavy (non-hydrogen) atoms. The van der Waals surface area contributed by atoms with E-state index in [0.717, 1.165) is 5.56 Å². The van der Waals surface area contributed by atoms with E-state index in [-0.39, 0.29) is 24.1 Å². The van der Waals surface area contributed by atoms with Crippen molar-refractivity contribution in [1.29, 1.82) is 0 Å². The lowest BCUT2D eigenvalue weighted by Crippen LogP contribution is -2.33. The van der Waals surface area contributed by atoms with Crippen LogP contribution in [-0.2, 0) is 11.3 Å². The number of amides is 2. The highest BCUT2D eigenvalue weighted by molar-refractivity contribution is 5.96. The van der Waals surface area contributed by atoms with E-state index in [0.29, 0.717) is 37.4 Å². The Kier molecular flexibility index (Phi) is 8.80. The molecule has 0 aliphatic rings. The Labute approximate surface area is 177 Å². The number of ether oxygens (including phenoxy) is 1. The lowest BCUT2D eigenvalue weighted by Gasteiger charge is -2.20. The molecule has 0 saturated carbocycles. The molecule has 1 N–H and O–H groups in total. The van der Waals surface area contributed by atoms with E-state index in [1.165, 1.54) is 13.2 Å². The Bertz CT molecular complexity index is 851. The van der Waals surface area contributed by atoms with Crippen LogP contribution in [0.5, 0.6) is 5.75 Å². The summed E-state index contributed by atoms with van der Waals surface area (Å²) < 4.78 is 18.8. The molecule has 0 fully saturated rings. The molecule has 0 aromatic heterocycles. The monoisotopic (exact) mass is 415 g/mol. The zero-order chi connectivity index (χ0) is 22.1. The molecule has 2 aromatic carbocycles. The van der Waals surface area contributed by atoms with Crippen molar-refractivity contribution in [3.8, 4) is 5.75 Å². The number of carbonyl (C=O) groups is 2. The Hall–Kier alpha value is -2.93. The van der Waals surface area contributed by atoms with Crippen LogP contribution >= 0.6 is 0 Å². The van der Waals surface area contributed by atoms with Crippen molar-refractivity contribution < 1.29 is 18.7 Å². The molecule has 0 spiro atoms. The van der Waals surface area contributed by atoms with Crippen LogP contribution in [0, 0.1) is 5.82 Å². The normalized spacial score (nSPS) is 10.7. The van der Waals surface area contributed by atoms with Crippen molar-refractivity contribution in [2.45, 2.75) is 27.3 Å². The summed E-state index contributed by atoms with van der Waals surface area (Å²) in [7, 11) is 1.42. The molecular formula is C23H30FN3O3. The van der Waals surface area contributed by atoms with Gasteiger partial charge in [0.15, 0.2) is 11.6 Å². The maximum absolute atomic E-state index is 13.9. The number of carbonyl (C=O) groups excluding carboxylic acids is 2. The quantitative estimate of drug-likeness (QED) is 0.642. The first kappa shape index (κ1) is 23.3. The van der Waals surface area contributed by atoms with E-state index >= 15 is 0 Å². The van der Waals surface area contributed by atoms with Gasteiger partial charge in [0.2, 0.25) is 5.91 Å². The Morgan fingerprint density at radius 1 is 1.00 bits per heavy atom. The van der Waals surface area contributed by atoms with Gasteiger partial charge < -0.3 is 15.0 Å². The van der Waals surface area contributed by atoms with Crippen LogP contribution in [0.2, 0.25) is 0 Å². The van der Waals surface area contributed by atoms with Gasteiger partial charge in [-0.3, -0.25) is 14.5 Å². The fraction of sp³-hybridized carbons (Fsp3) is 0.391. The number of nitrogens with one attached hydrogen (secondary N) is 1. The van der Waals surface area contributed by atoms with Crippen molar-refractivity contribution in [3.63, 3.8) is 0 Å². The smallest absolute Gasteiger partial charge is 0.253 e. The van der Waals surface area contributed by atoms with Crippen LogP contribution in [0.3, 0.4) is 0 Å². The van der Waals surface area contributed by atoms with Gasteiger partial charge in [-0.1, -0.05) is 13.0 Å². The minimum atomic E-state index is -0.421. The Morgan fingerprint density at radius 2 is 1.67 bits per heavy atom. The third kappa shape index (κ3) is 6.29. The molecule has 2 amide bonds. The summed E-state index contributed by atoms with van der Waals surface area (Å²) in [5.74, 6) is -0.423. The van der Waals surface area contributed by atoms with Gasteiger partial charge in [0.1, 0.15) is 0 Å². The molecule has 0 radical (unpaired) electrons. The number of hydrogen-bond acceptors (Lipinski definition) is 4. The largest absolute Gasteiger partial charge is 0.494 e. The minimum Gasteiger partial charge on any atom is -0.494 e. The van der Waals surface area contributed by atoms with Crippen LogP contribution in [0.25, 0.3) is 0 Å². The van der Waals surface area contributed by atoms with Gasteiger partial charge in [-0.25, -0.2) is 4.39 Å². The van der Waals surface area contributed by atoms with Crippen molar-refractivity contribution in [2.75, 3.05) is 38.6 Å². The Balaban J connectivity index is 1.95. The number of methoxy groups -OCH3 is 1. The summed E-state index contributed by atoms with van der Waals surface area (Å²) in [6, 6.07) is 11.7. The first-order valence-corrected chi connectivity index (χ1v) is 10.2. The predicted octanol–water partition coefficient (Wildman–Crippen LogP) is 3.78. The molecule has 0 unspecified atom stereocenters. The van der Waals surface area contributed by atoms with E-state index in [4.69, 9.17) is 4.74 Å². The summed E-state index contributed by atoms with van der Waals surface area (Å²) in [5, 5.41) is 2.85. The summed E-state index contributed by atoms with van der Waals surface area (Å²) in [4.78, 5) is 28.5. The second-order valence-electron chi connectivity index (χ2n) is 6.88. The van der Waals surface area contributed by atoms with E-state index in [1.54, 1.807) is 41.3 Å². The third-order valence-corrected chi connectivity index (χ3v) is 4.90. The second kappa shape index (κ2) is 11.3. The summed E-state index contributed by atoms with van der Waals surface area (Å²) in [6.45, 7) is 8.38. The summed E-state index contributed by atoms with van der Waals surface area (Å²) in [5.41, 5.74) is 1.98. The zero-order valence-corrected chi connectivity index (χ0v) is 18.1. The standard InChI is InChI=1S/C23H30FN3O3/c1-5-26(15-17-8-13-21(30-4)20(24)14-17)16-22(28)25-19-11-9-18(10-12-19)23(29)27(6-2)7-3/h8-14H,5-7,15-16H2,1-4H3,(H,25,28). The first-order chi connectivity index (χ1) is 14.4. The second-order valence-corrected chi connectivity index (χ2v) is 6.88. The lowest BCUT2D eigenvalue weighted by molar-refractivity contribution is -0.117. The average Bonchev–Trinajstić information content (AvgIpc) is 2.74. The lowest BCUT2D eigenvalue weighted by atomic mass is 10.1. The maximum atomic E-state index is 13.9. The molecule has 7 heteroatoms. The van der Waals surface area contributed by atoms with Crippen LogP contribution in [0.4, 0.5) is 10.1 Å². The number of hydrogen-bond donors (Lipinski definition) is 1. The molecule has 0 saturated heterocycles. The first-order valence-electron chi connectivity index (χ1n) is 10.2. The topological polar surface area (TPSA) is 61.9 Å². The van der Waals surface area contributed by atoms with E-state index in [9.17, 15) is 14.0 Å². The van der Waals surface area contributed by atoms with Crippen LogP contribution in [-0.4, -0.2) is 54.9 Å². The molecule has 162 valence electrons. The van der Waals surface area contributed by atoms with Crippen LogP contribution in [0.1, 0.15) is 36.7 Å². The molecule has 0 heterocycles. The van der Waals surface area contributed by atoms with Gasteiger partial charge in [-0.15, -0.1) is 0 Å². The third-order valence-electron chi connectivity index (χ3n) is 4.90. The molecule has 2 rings (SSSR count). The van der Waals surface area contributed by atoms with Gasteiger partial charge in [0.25, 0.3) is 5.91 Å². The van der Waals surface area contributed by atoms with Gasteiger partial charge in [-0.2, -0.15) is 0 Å². The minimum absolute atomic E-state index is 0.0261. The number of likely N-dealkylation sites (N-methyl/N-ethyl adjacent to an activating group) is 1. The number of anilines is 1. The highest BCUT2D eigenvalue weighted by Crippen LogP contribution is 2.19. The number of rotatable bonds is 10. The molecule has 2 aromatic rings. The SMILES string of the molecule is CCN(CC(=O)Nc1ccc(C(=O)N(CC)CC)cc1)Cc1ccc(OC)c(F)c1. The number of nitrogens with zero attached hydrogens (tertiary/aromatic N) is 2. The molecule has 6 nitrogen and oxygen atoms in total. The highest BCUT2D eigenvalue weighted by atomic mass is 19.1. The van der Waals surface area contributed by atoms with Gasteiger partial charge in [0, 0.05) is 30.9 Å². The van der Waals surface area contributed by atoms with E-state index in [2.05, 4.69) is 5.32 Å². The predicted molar refractivity (Wildman–Crippen MR) is 116 cm³/mol. The average molecular weight is 416 g/mol. The molecular weight excluding hydrogens is 385 g/mol. The number of benzene rings is 2. The molecule has 0 atom stereocenters. The van der Waals surface area contributed by atoms with E-state index in [1.807, 2.05) is 25.7 Å². The van der Waals surface area contributed by atoms with Crippen LogP contribution in [0.15, 0.2) is 42.5 Å². The summed E-state index contributed by atoms with van der Waals surface area (Å²) in [6.07, 6.45) is 0.